The zero-order valence-electron chi connectivity index (χ0n) is 12.9. The van der Waals surface area contributed by atoms with E-state index < -0.39 is 5.91 Å². The van der Waals surface area contributed by atoms with Gasteiger partial charge in [-0.2, -0.15) is 4.99 Å². The van der Waals surface area contributed by atoms with Crippen molar-refractivity contribution >= 4 is 27.5 Å². The van der Waals surface area contributed by atoms with Gasteiger partial charge in [-0.05, 0) is 31.0 Å². The van der Waals surface area contributed by atoms with Crippen molar-refractivity contribution in [3.8, 4) is 12.3 Å². The number of rotatable bonds is 3. The number of fused-ring (bicyclic) bond motifs is 1. The Kier molecular flexibility index (Phi) is 4.13. The zero-order valence-corrected chi connectivity index (χ0v) is 13.7. The first kappa shape index (κ1) is 15.3. The van der Waals surface area contributed by atoms with Crippen LogP contribution in [0.25, 0.3) is 10.2 Å². The summed E-state index contributed by atoms with van der Waals surface area (Å²) in [7, 11) is 0. The summed E-state index contributed by atoms with van der Waals surface area (Å²) in [6.45, 7) is 4.21. The molecule has 5 nitrogen and oxygen atoms in total. The maximum Gasteiger partial charge on any atom is 0.318 e. The van der Waals surface area contributed by atoms with Crippen molar-refractivity contribution < 1.29 is 9.32 Å². The van der Waals surface area contributed by atoms with E-state index >= 15 is 0 Å². The van der Waals surface area contributed by atoms with E-state index in [-0.39, 0.29) is 5.76 Å². The molecular weight excluding hydrogens is 310 g/mol. The number of terminal acetylenes is 1. The smallest absolute Gasteiger partial charge is 0.318 e. The van der Waals surface area contributed by atoms with Gasteiger partial charge in [0, 0.05) is 6.07 Å². The van der Waals surface area contributed by atoms with Gasteiger partial charge < -0.3 is 9.09 Å². The quantitative estimate of drug-likeness (QED) is 0.696. The minimum absolute atomic E-state index is 0.126. The van der Waals surface area contributed by atoms with Crippen molar-refractivity contribution in [2.45, 2.75) is 26.8 Å². The Morgan fingerprint density at radius 1 is 1.48 bits per heavy atom. The Balaban J connectivity index is 2.15. The second-order valence-electron chi connectivity index (χ2n) is 5.08. The highest BCUT2D eigenvalue weighted by atomic mass is 32.1. The number of carbonyl (C=O) groups excluding carboxylic acids is 1. The highest BCUT2D eigenvalue weighted by Crippen LogP contribution is 2.19. The molecule has 6 heteroatoms. The summed E-state index contributed by atoms with van der Waals surface area (Å²) in [5, 5.41) is 3.71. The fourth-order valence-electron chi connectivity index (χ4n) is 2.27. The van der Waals surface area contributed by atoms with E-state index in [4.69, 9.17) is 10.9 Å². The van der Waals surface area contributed by atoms with Crippen molar-refractivity contribution in [2.75, 3.05) is 0 Å². The predicted molar refractivity (Wildman–Crippen MR) is 89.2 cm³/mol. The zero-order chi connectivity index (χ0) is 16.4. The lowest BCUT2D eigenvalue weighted by Gasteiger charge is -2.00. The fraction of sp³-hybridized carbons (Fsp3) is 0.235. The number of amides is 1. The summed E-state index contributed by atoms with van der Waals surface area (Å²) in [5.74, 6) is 2.28. The molecule has 1 aromatic carbocycles. The van der Waals surface area contributed by atoms with Gasteiger partial charge in [0.1, 0.15) is 0 Å². The Labute approximate surface area is 137 Å². The molecule has 0 aliphatic carbocycles. The normalized spacial score (nSPS) is 11.8. The SMILES string of the molecule is C#CCn1c(=NC(=O)c2cc(C)no2)sc2cc(CC)ccc21. The van der Waals surface area contributed by atoms with Crippen LogP contribution < -0.4 is 4.80 Å². The minimum atomic E-state index is -0.460. The van der Waals surface area contributed by atoms with E-state index in [9.17, 15) is 4.79 Å². The number of aromatic nitrogens is 2. The predicted octanol–water partition coefficient (Wildman–Crippen LogP) is 2.94. The number of hydrogen-bond donors (Lipinski definition) is 0. The number of nitrogens with zero attached hydrogens (tertiary/aromatic N) is 3. The maximum absolute atomic E-state index is 12.2. The number of thiazole rings is 1. The Hall–Kier alpha value is -2.65. The maximum atomic E-state index is 12.2. The third-order valence-corrected chi connectivity index (χ3v) is 4.48. The summed E-state index contributed by atoms with van der Waals surface area (Å²) >= 11 is 1.44. The van der Waals surface area contributed by atoms with Crippen LogP contribution in [0.5, 0.6) is 0 Å². The standard InChI is InChI=1S/C17H15N3O2S/c1-4-8-20-13-7-6-12(5-2)10-15(13)23-17(20)18-16(21)14-9-11(3)19-22-14/h1,6-7,9-10H,5,8H2,2-3H3. The van der Waals surface area contributed by atoms with Crippen LogP contribution >= 0.6 is 11.3 Å². The number of carbonyl (C=O) groups is 1. The molecule has 0 aliphatic rings. The molecule has 3 aromatic rings. The van der Waals surface area contributed by atoms with Crippen molar-refractivity contribution in [1.82, 2.24) is 9.72 Å². The topological polar surface area (TPSA) is 60.4 Å². The summed E-state index contributed by atoms with van der Waals surface area (Å²) in [5.41, 5.74) is 2.85. The van der Waals surface area contributed by atoms with E-state index in [0.29, 0.717) is 17.0 Å². The van der Waals surface area contributed by atoms with Crippen molar-refractivity contribution in [2.24, 2.45) is 4.99 Å². The molecule has 2 heterocycles. The van der Waals surface area contributed by atoms with Crippen LogP contribution in [0.15, 0.2) is 33.8 Å². The number of hydrogen-bond acceptors (Lipinski definition) is 4. The van der Waals surface area contributed by atoms with Gasteiger partial charge >= 0.3 is 5.91 Å². The molecule has 0 radical (unpaired) electrons. The average molecular weight is 325 g/mol. The molecule has 2 aromatic heterocycles. The summed E-state index contributed by atoms with van der Waals surface area (Å²) < 4.78 is 7.89. The molecule has 0 aliphatic heterocycles. The van der Waals surface area contributed by atoms with Gasteiger partial charge in [0.05, 0.1) is 22.5 Å². The van der Waals surface area contributed by atoms with Crippen LogP contribution in [0.2, 0.25) is 0 Å². The van der Waals surface area contributed by atoms with Crippen LogP contribution in [0, 0.1) is 19.3 Å². The van der Waals surface area contributed by atoms with Gasteiger partial charge in [-0.3, -0.25) is 4.79 Å². The van der Waals surface area contributed by atoms with Gasteiger partial charge in [-0.15, -0.1) is 6.42 Å². The molecule has 116 valence electrons. The summed E-state index contributed by atoms with van der Waals surface area (Å²) in [6, 6.07) is 7.76. The van der Waals surface area contributed by atoms with Crippen LogP contribution in [-0.2, 0) is 13.0 Å². The van der Waals surface area contributed by atoms with Gasteiger partial charge in [-0.25, -0.2) is 0 Å². The van der Waals surface area contributed by atoms with E-state index in [0.717, 1.165) is 16.6 Å². The molecule has 0 saturated heterocycles. The molecular formula is C17H15N3O2S. The fourth-order valence-corrected chi connectivity index (χ4v) is 3.36. The molecule has 1 amide bonds. The van der Waals surface area contributed by atoms with Crippen LogP contribution in [0.3, 0.4) is 0 Å². The van der Waals surface area contributed by atoms with Gasteiger partial charge in [-0.1, -0.05) is 35.4 Å². The van der Waals surface area contributed by atoms with Crippen LogP contribution in [-0.4, -0.2) is 15.6 Å². The molecule has 0 atom stereocenters. The highest BCUT2D eigenvalue weighted by molar-refractivity contribution is 7.16. The molecule has 23 heavy (non-hydrogen) atoms. The summed E-state index contributed by atoms with van der Waals surface area (Å²) in [6.07, 6.45) is 6.41. The molecule has 0 unspecified atom stereocenters. The average Bonchev–Trinajstić information content (AvgIpc) is 3.11. The number of aryl methyl sites for hydroxylation is 2. The van der Waals surface area contributed by atoms with Gasteiger partial charge in [0.2, 0.25) is 5.76 Å². The van der Waals surface area contributed by atoms with E-state index in [1.54, 1.807) is 13.0 Å². The first-order chi connectivity index (χ1) is 11.1. The largest absolute Gasteiger partial charge is 0.351 e. The Morgan fingerprint density at radius 3 is 2.96 bits per heavy atom. The molecule has 0 saturated carbocycles. The molecule has 0 fully saturated rings. The monoisotopic (exact) mass is 325 g/mol. The molecule has 0 N–H and O–H groups in total. The molecule has 0 bridgehead atoms. The Morgan fingerprint density at radius 2 is 2.30 bits per heavy atom. The molecule has 0 spiro atoms. The second-order valence-corrected chi connectivity index (χ2v) is 6.09. The first-order valence-corrected chi connectivity index (χ1v) is 8.02. The number of benzene rings is 1. The van der Waals surface area contributed by atoms with Gasteiger partial charge in [0.25, 0.3) is 0 Å². The second kappa shape index (κ2) is 6.23. The van der Waals surface area contributed by atoms with E-state index in [1.807, 2.05) is 10.6 Å². The van der Waals surface area contributed by atoms with E-state index in [1.165, 1.54) is 16.9 Å². The summed E-state index contributed by atoms with van der Waals surface area (Å²) in [4.78, 5) is 17.0. The lowest BCUT2D eigenvalue weighted by Crippen LogP contribution is -2.16. The first-order valence-electron chi connectivity index (χ1n) is 7.20. The lowest BCUT2D eigenvalue weighted by atomic mass is 10.2. The van der Waals surface area contributed by atoms with E-state index in [2.05, 4.69) is 35.1 Å². The minimum Gasteiger partial charge on any atom is -0.351 e. The lowest BCUT2D eigenvalue weighted by molar-refractivity contribution is 0.0962. The third kappa shape index (κ3) is 2.96. The van der Waals surface area contributed by atoms with Crippen molar-refractivity contribution in [3.63, 3.8) is 0 Å². The van der Waals surface area contributed by atoms with Crippen molar-refractivity contribution in [1.29, 1.82) is 0 Å². The third-order valence-electron chi connectivity index (χ3n) is 3.44. The molecule has 3 rings (SSSR count). The Bertz CT molecular complexity index is 985. The van der Waals surface area contributed by atoms with Crippen LogP contribution in [0.1, 0.15) is 28.7 Å². The highest BCUT2D eigenvalue weighted by Gasteiger charge is 2.12. The van der Waals surface area contributed by atoms with Crippen LogP contribution in [0.4, 0.5) is 0 Å². The van der Waals surface area contributed by atoms with Gasteiger partial charge in [0.15, 0.2) is 4.80 Å². The van der Waals surface area contributed by atoms with Crippen molar-refractivity contribution in [3.05, 3.63) is 46.1 Å².